The summed E-state index contributed by atoms with van der Waals surface area (Å²) in [6.45, 7) is 2.95. The van der Waals surface area contributed by atoms with Crippen molar-refractivity contribution in [2.75, 3.05) is 6.61 Å². The van der Waals surface area contributed by atoms with Crippen LogP contribution in [-0.2, 0) is 6.54 Å². The van der Waals surface area contributed by atoms with E-state index in [0.717, 1.165) is 59.0 Å². The van der Waals surface area contributed by atoms with Gasteiger partial charge < -0.3 is 10.1 Å². The molecule has 0 bridgehead atoms. The van der Waals surface area contributed by atoms with Crippen LogP contribution in [0.3, 0.4) is 0 Å². The number of carbonyl (C=O) groups is 1. The molecule has 0 atom stereocenters. The Hall–Kier alpha value is -4.53. The summed E-state index contributed by atoms with van der Waals surface area (Å²) in [7, 11) is 0. The molecule has 1 aliphatic carbocycles. The normalized spacial score (nSPS) is 14.0. The fourth-order valence-electron chi connectivity index (χ4n) is 5.42. The highest BCUT2D eigenvalue weighted by Crippen LogP contribution is 2.31. The average Bonchev–Trinajstić information content (AvgIpc) is 3.63. The van der Waals surface area contributed by atoms with Crippen molar-refractivity contribution < 1.29 is 9.53 Å². The topological polar surface area (TPSA) is 111 Å². The highest BCUT2D eigenvalue weighted by atomic mass is 16.5. The smallest absolute Gasteiger partial charge is 0.297 e. The lowest BCUT2D eigenvalue weighted by molar-refractivity contribution is 0.0929. The number of nitrogens with zero attached hydrogens (tertiary/aromatic N) is 5. The first kappa shape index (κ1) is 24.8. The molecule has 0 unspecified atom stereocenters. The van der Waals surface area contributed by atoms with Crippen molar-refractivity contribution in [3.05, 3.63) is 77.9 Å². The molecule has 6 rings (SSSR count). The third-order valence-electron chi connectivity index (χ3n) is 7.31. The molecule has 0 saturated heterocycles. The van der Waals surface area contributed by atoms with E-state index >= 15 is 0 Å². The number of hydrogen-bond acceptors (Lipinski definition) is 6. The van der Waals surface area contributed by atoms with E-state index in [1.165, 1.54) is 6.42 Å². The number of fused-ring (bicyclic) bond motifs is 1. The number of aromatic nitrogens is 6. The molecule has 0 radical (unpaired) electrons. The number of para-hydroxylation sites is 1. The van der Waals surface area contributed by atoms with E-state index in [9.17, 15) is 4.79 Å². The van der Waals surface area contributed by atoms with Gasteiger partial charge in [-0.3, -0.25) is 9.36 Å². The van der Waals surface area contributed by atoms with Gasteiger partial charge in [-0.25, -0.2) is 0 Å². The molecule has 0 aliphatic heterocycles. The number of nitrogens with one attached hydrogen (secondary N) is 2. The van der Waals surface area contributed by atoms with Gasteiger partial charge in [0.1, 0.15) is 0 Å². The summed E-state index contributed by atoms with van der Waals surface area (Å²) in [6.07, 6.45) is 5.64. The summed E-state index contributed by atoms with van der Waals surface area (Å²) in [5.74, 6) is 0.505. The van der Waals surface area contributed by atoms with Crippen LogP contribution >= 0.6 is 0 Å². The Morgan fingerprint density at radius 1 is 1.00 bits per heavy atom. The van der Waals surface area contributed by atoms with Gasteiger partial charge in [-0.05, 0) is 53.8 Å². The van der Waals surface area contributed by atoms with Crippen molar-refractivity contribution in [2.45, 2.75) is 51.6 Å². The van der Waals surface area contributed by atoms with E-state index in [4.69, 9.17) is 9.72 Å². The second-order valence-corrected chi connectivity index (χ2v) is 9.87. The van der Waals surface area contributed by atoms with Crippen molar-refractivity contribution in [1.29, 1.82) is 0 Å². The highest BCUT2D eigenvalue weighted by Gasteiger charge is 2.22. The molecule has 9 nitrogen and oxygen atoms in total. The Balaban J connectivity index is 1.32. The molecule has 2 heterocycles. The highest BCUT2D eigenvalue weighted by molar-refractivity contribution is 6.05. The zero-order valence-electron chi connectivity index (χ0n) is 21.9. The number of amides is 1. The van der Waals surface area contributed by atoms with Crippen molar-refractivity contribution in [3.8, 4) is 28.5 Å². The Bertz CT molecular complexity index is 1570. The first-order chi connectivity index (χ1) is 19.2. The lowest BCUT2D eigenvalue weighted by atomic mass is 9.95. The predicted octanol–water partition coefficient (Wildman–Crippen LogP) is 5.39. The monoisotopic (exact) mass is 521 g/mol. The van der Waals surface area contributed by atoms with Crippen molar-refractivity contribution in [3.63, 3.8) is 0 Å². The van der Waals surface area contributed by atoms with Crippen LogP contribution in [0.15, 0.2) is 66.7 Å². The van der Waals surface area contributed by atoms with Gasteiger partial charge in [-0.2, -0.15) is 10.2 Å². The second kappa shape index (κ2) is 11.1. The number of H-pyrrole nitrogens is 1. The Morgan fingerprint density at radius 3 is 2.54 bits per heavy atom. The molecule has 198 valence electrons. The zero-order chi connectivity index (χ0) is 26.6. The maximum absolute atomic E-state index is 13.4. The fraction of sp³-hybridized carbons (Fsp3) is 0.300. The second-order valence-electron chi connectivity index (χ2n) is 9.87. The molecule has 39 heavy (non-hydrogen) atoms. The third kappa shape index (κ3) is 5.12. The summed E-state index contributed by atoms with van der Waals surface area (Å²) in [5.41, 5.74) is 6.22. The van der Waals surface area contributed by atoms with Crippen molar-refractivity contribution >= 4 is 16.9 Å². The molecule has 1 amide bonds. The summed E-state index contributed by atoms with van der Waals surface area (Å²) < 4.78 is 7.94. The minimum atomic E-state index is -0.0508. The quantitative estimate of drug-likeness (QED) is 0.283. The number of tetrazole rings is 1. The number of aromatic amines is 1. The molecule has 0 spiro atoms. The van der Waals surface area contributed by atoms with Crippen LogP contribution < -0.4 is 10.1 Å². The number of benzene rings is 3. The number of rotatable bonds is 8. The van der Waals surface area contributed by atoms with E-state index in [0.29, 0.717) is 30.5 Å². The van der Waals surface area contributed by atoms with Gasteiger partial charge in [0.05, 0.1) is 29.7 Å². The Labute approximate surface area is 226 Å². The molecule has 1 saturated carbocycles. The van der Waals surface area contributed by atoms with Gasteiger partial charge in [-0.1, -0.05) is 73.9 Å². The van der Waals surface area contributed by atoms with Crippen LogP contribution in [0.1, 0.15) is 54.9 Å². The molecular weight excluding hydrogens is 490 g/mol. The van der Waals surface area contributed by atoms with Gasteiger partial charge in [0, 0.05) is 11.6 Å². The van der Waals surface area contributed by atoms with Crippen molar-refractivity contribution in [1.82, 2.24) is 35.5 Å². The first-order valence-corrected chi connectivity index (χ1v) is 13.6. The van der Waals surface area contributed by atoms with E-state index in [-0.39, 0.29) is 11.9 Å². The lowest BCUT2D eigenvalue weighted by Crippen LogP contribution is -2.36. The molecule has 2 N–H and O–H groups in total. The standard InChI is InChI=1S/C30H31N7O2/c1-2-39-30-32-26-14-8-13-25(29(38)31-22-9-4-3-5-10-22)27(26)37(30)19-20-15-17-21(18-16-20)23-11-6-7-12-24(23)28-33-35-36-34-28/h6-8,11-18,22H,2-5,9-10,19H2,1H3,(H,31,38)(H,33,34,35,36). The van der Waals surface area contributed by atoms with Crippen LogP contribution in [0.25, 0.3) is 33.5 Å². The number of hydrogen-bond donors (Lipinski definition) is 2. The SMILES string of the molecule is CCOc1nc2cccc(C(=O)NC3CCCCC3)c2n1Cc1ccc(-c2ccccc2-c2nn[nH]n2)cc1. The van der Waals surface area contributed by atoms with Gasteiger partial charge >= 0.3 is 0 Å². The largest absolute Gasteiger partial charge is 0.465 e. The molecule has 1 fully saturated rings. The Morgan fingerprint density at radius 2 is 1.79 bits per heavy atom. The van der Waals surface area contributed by atoms with Crippen LogP contribution in [-0.4, -0.2) is 48.7 Å². The van der Waals surface area contributed by atoms with Gasteiger partial charge in [0.15, 0.2) is 0 Å². The van der Waals surface area contributed by atoms with Crippen LogP contribution in [0.5, 0.6) is 6.01 Å². The summed E-state index contributed by atoms with van der Waals surface area (Å²) in [5, 5.41) is 17.8. The fourth-order valence-corrected chi connectivity index (χ4v) is 5.42. The minimum absolute atomic E-state index is 0.0508. The van der Waals surface area contributed by atoms with E-state index in [1.807, 2.05) is 47.9 Å². The summed E-state index contributed by atoms with van der Waals surface area (Å²) in [4.78, 5) is 18.2. The van der Waals surface area contributed by atoms with Crippen LogP contribution in [0, 0.1) is 0 Å². The van der Waals surface area contributed by atoms with Gasteiger partial charge in [-0.15, -0.1) is 10.2 Å². The lowest BCUT2D eigenvalue weighted by Gasteiger charge is -2.23. The first-order valence-electron chi connectivity index (χ1n) is 13.6. The van der Waals surface area contributed by atoms with E-state index < -0.39 is 0 Å². The van der Waals surface area contributed by atoms with Gasteiger partial charge in [0.2, 0.25) is 5.82 Å². The van der Waals surface area contributed by atoms with Crippen LogP contribution in [0.2, 0.25) is 0 Å². The van der Waals surface area contributed by atoms with E-state index in [1.54, 1.807) is 0 Å². The third-order valence-corrected chi connectivity index (χ3v) is 7.31. The zero-order valence-corrected chi connectivity index (χ0v) is 21.9. The molecule has 5 aromatic rings. The molecule has 2 aromatic heterocycles. The number of carbonyl (C=O) groups excluding carboxylic acids is 1. The molecule has 3 aromatic carbocycles. The van der Waals surface area contributed by atoms with Gasteiger partial charge in [0.25, 0.3) is 11.9 Å². The Kier molecular flexibility index (Phi) is 7.03. The molecule has 1 aliphatic rings. The summed E-state index contributed by atoms with van der Waals surface area (Å²) in [6, 6.07) is 22.8. The van der Waals surface area contributed by atoms with E-state index in [2.05, 4.69) is 56.3 Å². The number of ether oxygens (including phenoxy) is 1. The molecular formula is C30H31N7O2. The number of imidazole rings is 1. The summed E-state index contributed by atoms with van der Waals surface area (Å²) >= 11 is 0. The molecule has 9 heteroatoms. The van der Waals surface area contributed by atoms with Crippen LogP contribution in [0.4, 0.5) is 0 Å². The predicted molar refractivity (Wildman–Crippen MR) is 149 cm³/mol. The maximum Gasteiger partial charge on any atom is 0.297 e. The van der Waals surface area contributed by atoms with Crippen molar-refractivity contribution in [2.24, 2.45) is 0 Å². The maximum atomic E-state index is 13.4. The minimum Gasteiger partial charge on any atom is -0.465 e. The average molecular weight is 522 g/mol.